The van der Waals surface area contributed by atoms with Crippen LogP contribution in [0.1, 0.15) is 251 Å². The van der Waals surface area contributed by atoms with Gasteiger partial charge in [0.15, 0.2) is 0 Å². The van der Waals surface area contributed by atoms with E-state index in [1.807, 2.05) is 0 Å². The lowest BCUT2D eigenvalue weighted by Gasteiger charge is -2.27. The number of rotatable bonds is 42. The predicted octanol–water partition coefficient (Wildman–Crippen LogP) is 12.0. The highest BCUT2D eigenvalue weighted by Crippen LogP contribution is 2.17. The molecule has 0 aromatic carbocycles. The lowest BCUT2D eigenvalue weighted by molar-refractivity contribution is -0.132. The van der Waals surface area contributed by atoms with Crippen molar-refractivity contribution in [1.29, 1.82) is 0 Å². The van der Waals surface area contributed by atoms with Crippen molar-refractivity contribution in [1.82, 2.24) is 5.32 Å². The highest BCUT2D eigenvalue weighted by atomic mass is 16.3. The summed E-state index contributed by atoms with van der Waals surface area (Å²) in [6.07, 6.45) is 42.8. The predicted molar refractivity (Wildman–Crippen MR) is 219 cm³/mol. The van der Waals surface area contributed by atoms with Crippen LogP contribution >= 0.6 is 0 Å². The minimum atomic E-state index is -1.25. The Morgan fingerprint density at radius 1 is 0.412 bits per heavy atom. The van der Waals surface area contributed by atoms with Gasteiger partial charge in [-0.25, -0.2) is 0 Å². The Kier molecular flexibility index (Phi) is 39.9. The zero-order valence-corrected chi connectivity index (χ0v) is 34.4. The van der Waals surface area contributed by atoms with E-state index >= 15 is 0 Å². The first-order chi connectivity index (χ1) is 25.0. The van der Waals surface area contributed by atoms with Gasteiger partial charge in [-0.3, -0.25) is 4.79 Å². The maximum atomic E-state index is 12.5. The van der Waals surface area contributed by atoms with E-state index in [4.69, 9.17) is 0 Å². The monoisotopic (exact) mass is 726 g/mol. The summed E-state index contributed by atoms with van der Waals surface area (Å²) in [7, 11) is 0. The molecule has 4 unspecified atom stereocenters. The number of hydrogen-bond acceptors (Lipinski definition) is 5. The van der Waals surface area contributed by atoms with E-state index in [1.54, 1.807) is 0 Å². The third-order valence-corrected chi connectivity index (χ3v) is 11.1. The Morgan fingerprint density at radius 3 is 0.941 bits per heavy atom. The second-order valence-corrected chi connectivity index (χ2v) is 16.1. The highest BCUT2D eigenvalue weighted by Gasteiger charge is 2.28. The van der Waals surface area contributed by atoms with Crippen LogP contribution in [0.5, 0.6) is 0 Å². The smallest absolute Gasteiger partial charge is 0.249 e. The van der Waals surface area contributed by atoms with Gasteiger partial charge in [0.2, 0.25) is 5.91 Å². The number of aliphatic hydroxyl groups is 4. The molecule has 0 radical (unpaired) electrons. The maximum absolute atomic E-state index is 12.5. The van der Waals surface area contributed by atoms with E-state index in [0.717, 1.165) is 38.5 Å². The molecule has 0 fully saturated rings. The first-order valence-corrected chi connectivity index (χ1v) is 22.9. The summed E-state index contributed by atoms with van der Waals surface area (Å²) >= 11 is 0. The van der Waals surface area contributed by atoms with E-state index in [2.05, 4.69) is 19.2 Å². The zero-order chi connectivity index (χ0) is 37.5. The second-order valence-electron chi connectivity index (χ2n) is 16.1. The number of carbonyl (C=O) groups excluding carboxylic acids is 1. The number of carbonyl (C=O) groups is 1. The third kappa shape index (κ3) is 34.8. The first-order valence-electron chi connectivity index (χ1n) is 22.9. The first kappa shape index (κ1) is 50.3. The average molecular weight is 726 g/mol. The summed E-state index contributed by atoms with van der Waals surface area (Å²) in [5.41, 5.74) is 0. The highest BCUT2D eigenvalue weighted by molar-refractivity contribution is 5.80. The van der Waals surface area contributed by atoms with Gasteiger partial charge >= 0.3 is 0 Å². The maximum Gasteiger partial charge on any atom is 0.249 e. The standard InChI is InChI=1S/C45H91NO5/c1-3-5-7-9-11-13-15-17-19-20-21-22-23-24-25-27-29-31-33-35-37-39-43(49)45(51)46-41(40-47)44(50)42(48)38-36-34-32-30-28-26-18-16-14-12-10-8-6-4-2/h41-44,47-50H,3-40H2,1-2H3,(H,46,51). The molecule has 6 heteroatoms. The zero-order valence-electron chi connectivity index (χ0n) is 34.4. The minimum Gasteiger partial charge on any atom is -0.394 e. The van der Waals surface area contributed by atoms with Gasteiger partial charge in [0, 0.05) is 0 Å². The summed E-state index contributed by atoms with van der Waals surface area (Å²) in [5, 5.41) is 43.7. The molecule has 6 nitrogen and oxygen atoms in total. The molecule has 0 aliphatic heterocycles. The molecule has 306 valence electrons. The average Bonchev–Trinajstić information content (AvgIpc) is 3.13. The van der Waals surface area contributed by atoms with E-state index in [0.29, 0.717) is 12.8 Å². The molecule has 1 amide bonds. The van der Waals surface area contributed by atoms with Crippen LogP contribution in [0.15, 0.2) is 0 Å². The van der Waals surface area contributed by atoms with Crippen LogP contribution in [0.2, 0.25) is 0 Å². The van der Waals surface area contributed by atoms with Crippen molar-refractivity contribution in [2.75, 3.05) is 6.61 Å². The number of unbranched alkanes of at least 4 members (excludes halogenated alkanes) is 33. The molecule has 0 saturated carbocycles. The third-order valence-electron chi connectivity index (χ3n) is 11.1. The van der Waals surface area contributed by atoms with Gasteiger partial charge in [0.05, 0.1) is 18.8 Å². The number of hydrogen-bond donors (Lipinski definition) is 5. The van der Waals surface area contributed by atoms with Crippen molar-refractivity contribution in [3.05, 3.63) is 0 Å². The fraction of sp³-hybridized carbons (Fsp3) is 0.978. The molecular formula is C45H91NO5. The molecule has 0 saturated heterocycles. The van der Waals surface area contributed by atoms with E-state index in [-0.39, 0.29) is 0 Å². The van der Waals surface area contributed by atoms with E-state index < -0.39 is 36.9 Å². The van der Waals surface area contributed by atoms with Crippen LogP contribution in [0.25, 0.3) is 0 Å². The molecule has 5 N–H and O–H groups in total. The van der Waals surface area contributed by atoms with Crippen LogP contribution in [0, 0.1) is 0 Å². The van der Waals surface area contributed by atoms with Gasteiger partial charge < -0.3 is 25.7 Å². The Labute approximate surface area is 318 Å². The van der Waals surface area contributed by atoms with Crippen molar-refractivity contribution < 1.29 is 25.2 Å². The van der Waals surface area contributed by atoms with Crippen LogP contribution in [0.3, 0.4) is 0 Å². The largest absolute Gasteiger partial charge is 0.394 e. The van der Waals surface area contributed by atoms with Crippen LogP contribution in [0.4, 0.5) is 0 Å². The molecular weight excluding hydrogens is 634 g/mol. The van der Waals surface area contributed by atoms with E-state index in [9.17, 15) is 25.2 Å². The van der Waals surface area contributed by atoms with Gasteiger partial charge in [-0.05, 0) is 12.8 Å². The molecule has 0 spiro atoms. The number of aliphatic hydroxyl groups excluding tert-OH is 4. The molecule has 0 rings (SSSR count). The Morgan fingerprint density at radius 2 is 0.667 bits per heavy atom. The van der Waals surface area contributed by atoms with Gasteiger partial charge in [-0.1, -0.05) is 239 Å². The molecule has 51 heavy (non-hydrogen) atoms. The number of amides is 1. The van der Waals surface area contributed by atoms with Crippen LogP contribution in [-0.2, 0) is 4.79 Å². The summed E-state index contributed by atoms with van der Waals surface area (Å²) < 4.78 is 0. The van der Waals surface area contributed by atoms with Crippen molar-refractivity contribution in [2.24, 2.45) is 0 Å². The molecule has 0 aromatic heterocycles. The van der Waals surface area contributed by atoms with Crippen molar-refractivity contribution in [3.8, 4) is 0 Å². The fourth-order valence-electron chi connectivity index (χ4n) is 7.41. The van der Waals surface area contributed by atoms with Crippen LogP contribution in [-0.4, -0.2) is 57.3 Å². The van der Waals surface area contributed by atoms with Crippen molar-refractivity contribution in [2.45, 2.75) is 276 Å². The lowest BCUT2D eigenvalue weighted by Crippen LogP contribution is -2.53. The molecule has 0 aliphatic rings. The SMILES string of the molecule is CCCCCCCCCCCCCCCCCCCCCCCC(O)C(=O)NC(CO)C(O)C(O)CCCCCCCCCCCCCCCC. The summed E-state index contributed by atoms with van der Waals surface area (Å²) in [5.74, 6) is -0.579. The Balaban J connectivity index is 3.66. The van der Waals surface area contributed by atoms with Gasteiger partial charge in [-0.15, -0.1) is 0 Å². The quantitative estimate of drug-likeness (QED) is 0.0402. The lowest BCUT2D eigenvalue weighted by atomic mass is 9.99. The minimum absolute atomic E-state index is 0.376. The molecule has 0 aliphatic carbocycles. The van der Waals surface area contributed by atoms with Crippen molar-refractivity contribution in [3.63, 3.8) is 0 Å². The van der Waals surface area contributed by atoms with Gasteiger partial charge in [0.1, 0.15) is 12.2 Å². The van der Waals surface area contributed by atoms with Gasteiger partial charge in [0.25, 0.3) is 0 Å². The summed E-state index contributed by atoms with van der Waals surface area (Å²) in [6, 6.07) is -0.978. The molecule has 0 heterocycles. The van der Waals surface area contributed by atoms with Gasteiger partial charge in [-0.2, -0.15) is 0 Å². The topological polar surface area (TPSA) is 110 Å². The normalized spacial score (nSPS) is 14.1. The van der Waals surface area contributed by atoms with E-state index in [1.165, 1.54) is 186 Å². The summed E-state index contributed by atoms with van der Waals surface area (Å²) in [6.45, 7) is 4.07. The Bertz CT molecular complexity index is 692. The van der Waals surface area contributed by atoms with Crippen LogP contribution < -0.4 is 5.32 Å². The Hall–Kier alpha value is -0.690. The second kappa shape index (κ2) is 40.5. The number of nitrogens with one attached hydrogen (secondary N) is 1. The fourth-order valence-corrected chi connectivity index (χ4v) is 7.41. The van der Waals surface area contributed by atoms with Crippen molar-refractivity contribution >= 4 is 5.91 Å². The molecule has 4 atom stereocenters. The summed E-state index contributed by atoms with van der Waals surface area (Å²) in [4.78, 5) is 12.5. The molecule has 0 aromatic rings. The molecule has 0 bridgehead atoms.